The van der Waals surface area contributed by atoms with Gasteiger partial charge in [0, 0.05) is 24.5 Å². The molecule has 8 heteroatoms. The summed E-state index contributed by atoms with van der Waals surface area (Å²) in [5.41, 5.74) is 2.68. The fraction of sp³-hybridized carbons (Fsp3) is 0.0556. The molecule has 1 N–H and O–H groups in total. The number of anilines is 1. The molecule has 0 saturated heterocycles. The van der Waals surface area contributed by atoms with Gasteiger partial charge in [-0.25, -0.2) is 9.36 Å². The molecule has 0 atom stereocenters. The summed E-state index contributed by atoms with van der Waals surface area (Å²) in [6.07, 6.45) is 1.76. The van der Waals surface area contributed by atoms with Crippen molar-refractivity contribution in [2.75, 3.05) is 5.32 Å². The van der Waals surface area contributed by atoms with Crippen molar-refractivity contribution in [3.63, 3.8) is 0 Å². The summed E-state index contributed by atoms with van der Waals surface area (Å²) in [6.45, 7) is 0. The van der Waals surface area contributed by atoms with Gasteiger partial charge < -0.3 is 5.32 Å². The summed E-state index contributed by atoms with van der Waals surface area (Å²) in [5.74, 6) is 0.336. The van der Waals surface area contributed by atoms with Crippen LogP contribution in [0.25, 0.3) is 17.1 Å². The van der Waals surface area contributed by atoms with E-state index in [1.807, 2.05) is 48.5 Å². The Morgan fingerprint density at radius 2 is 1.88 bits per heavy atom. The van der Waals surface area contributed by atoms with Crippen molar-refractivity contribution in [2.45, 2.75) is 0 Å². The molecule has 2 aromatic carbocycles. The largest absolute Gasteiger partial charge is 0.321 e. The van der Waals surface area contributed by atoms with Gasteiger partial charge >= 0.3 is 0 Å². The third-order valence-electron chi connectivity index (χ3n) is 3.84. The van der Waals surface area contributed by atoms with Gasteiger partial charge in [-0.2, -0.15) is 5.10 Å². The van der Waals surface area contributed by atoms with E-state index in [2.05, 4.69) is 25.9 Å². The van der Waals surface area contributed by atoms with Crippen LogP contribution in [0.2, 0.25) is 0 Å². The van der Waals surface area contributed by atoms with Crippen LogP contribution >= 0.6 is 0 Å². The second-order valence-electron chi connectivity index (χ2n) is 5.64. The highest BCUT2D eigenvalue weighted by Gasteiger charge is 2.12. The van der Waals surface area contributed by atoms with Crippen LogP contribution < -0.4 is 5.32 Å². The van der Waals surface area contributed by atoms with Crippen molar-refractivity contribution in [3.8, 4) is 17.1 Å². The topological polar surface area (TPSA) is 90.5 Å². The second kappa shape index (κ2) is 6.60. The minimum absolute atomic E-state index is 0.284. The summed E-state index contributed by atoms with van der Waals surface area (Å²) >= 11 is 0. The van der Waals surface area contributed by atoms with Gasteiger partial charge in [-0.15, -0.1) is 5.10 Å². The molecule has 8 nitrogen and oxygen atoms in total. The smallest absolute Gasteiger partial charge is 0.276 e. The highest BCUT2D eigenvalue weighted by molar-refractivity contribution is 6.03. The van der Waals surface area contributed by atoms with Gasteiger partial charge in [0.1, 0.15) is 0 Å². The van der Waals surface area contributed by atoms with Crippen LogP contribution in [0.3, 0.4) is 0 Å². The number of rotatable bonds is 4. The summed E-state index contributed by atoms with van der Waals surface area (Å²) in [6, 6.07) is 18.6. The Morgan fingerprint density at radius 3 is 2.65 bits per heavy atom. The molecule has 0 saturated carbocycles. The molecule has 0 aliphatic rings. The molecule has 4 aromatic rings. The predicted molar refractivity (Wildman–Crippen MR) is 95.8 cm³/mol. The molecule has 128 valence electrons. The summed E-state index contributed by atoms with van der Waals surface area (Å²) in [7, 11) is 1.76. The summed E-state index contributed by atoms with van der Waals surface area (Å²) in [4.78, 5) is 12.5. The molecule has 26 heavy (non-hydrogen) atoms. The average Bonchev–Trinajstić information content (AvgIpc) is 3.32. The molecule has 0 unspecified atom stereocenters. The zero-order valence-electron chi connectivity index (χ0n) is 13.9. The molecule has 0 aliphatic carbocycles. The number of amides is 1. The van der Waals surface area contributed by atoms with E-state index in [1.54, 1.807) is 34.7 Å². The quantitative estimate of drug-likeness (QED) is 0.613. The Morgan fingerprint density at radius 1 is 1.04 bits per heavy atom. The number of carbonyl (C=O) groups excluding carboxylic acids is 1. The number of aryl methyl sites for hydroxylation is 1. The van der Waals surface area contributed by atoms with E-state index in [1.165, 1.54) is 0 Å². The van der Waals surface area contributed by atoms with Gasteiger partial charge in [0.2, 0.25) is 0 Å². The Balaban J connectivity index is 1.54. The van der Waals surface area contributed by atoms with Crippen LogP contribution in [0.4, 0.5) is 5.69 Å². The maximum Gasteiger partial charge on any atom is 0.276 e. The van der Waals surface area contributed by atoms with Crippen LogP contribution in [0, 0.1) is 0 Å². The maximum absolute atomic E-state index is 12.5. The van der Waals surface area contributed by atoms with E-state index in [0.717, 1.165) is 11.3 Å². The maximum atomic E-state index is 12.5. The van der Waals surface area contributed by atoms with Gasteiger partial charge in [-0.3, -0.25) is 4.79 Å². The number of aromatic nitrogens is 6. The predicted octanol–water partition coefficient (Wildman–Crippen LogP) is 2.32. The Hall–Kier alpha value is -3.81. The molecule has 2 heterocycles. The van der Waals surface area contributed by atoms with Crippen LogP contribution in [-0.4, -0.2) is 35.9 Å². The van der Waals surface area contributed by atoms with Crippen LogP contribution in [-0.2, 0) is 7.05 Å². The van der Waals surface area contributed by atoms with Gasteiger partial charge in [0.05, 0.1) is 5.69 Å². The van der Waals surface area contributed by atoms with Crippen molar-refractivity contribution >= 4 is 11.6 Å². The fourth-order valence-electron chi connectivity index (χ4n) is 2.57. The average molecular weight is 345 g/mol. The van der Waals surface area contributed by atoms with E-state index in [-0.39, 0.29) is 5.91 Å². The number of benzene rings is 2. The SMILES string of the molecule is Cn1nnnc1-c1cccc(NC(=O)c2ccn(-c3ccccc3)n2)c1. The fourth-order valence-corrected chi connectivity index (χ4v) is 2.57. The lowest BCUT2D eigenvalue weighted by Crippen LogP contribution is -2.13. The van der Waals surface area contributed by atoms with E-state index < -0.39 is 0 Å². The molecule has 4 rings (SSSR count). The molecule has 0 radical (unpaired) electrons. The normalized spacial score (nSPS) is 10.7. The Kier molecular flexibility index (Phi) is 3.98. The lowest BCUT2D eigenvalue weighted by atomic mass is 10.2. The molecule has 0 bridgehead atoms. The molecule has 1 amide bonds. The van der Waals surface area contributed by atoms with E-state index in [0.29, 0.717) is 17.2 Å². The first-order chi connectivity index (χ1) is 12.7. The minimum Gasteiger partial charge on any atom is -0.321 e. The minimum atomic E-state index is -0.284. The zero-order chi connectivity index (χ0) is 17.9. The lowest BCUT2D eigenvalue weighted by molar-refractivity contribution is 0.102. The summed E-state index contributed by atoms with van der Waals surface area (Å²) in [5, 5.41) is 18.6. The number of tetrazole rings is 1. The molecular weight excluding hydrogens is 330 g/mol. The lowest BCUT2D eigenvalue weighted by Gasteiger charge is -2.05. The van der Waals surface area contributed by atoms with Crippen molar-refractivity contribution in [3.05, 3.63) is 72.6 Å². The zero-order valence-corrected chi connectivity index (χ0v) is 13.9. The first-order valence-corrected chi connectivity index (χ1v) is 7.96. The third kappa shape index (κ3) is 3.07. The standard InChI is InChI=1S/C18H15N7O/c1-24-17(20-22-23-24)13-6-5-7-14(12-13)19-18(26)16-10-11-25(21-16)15-8-3-2-4-9-15/h2-12H,1H3,(H,19,26). The molecule has 0 spiro atoms. The van der Waals surface area contributed by atoms with Crippen LogP contribution in [0.15, 0.2) is 66.9 Å². The molecule has 0 fully saturated rings. The number of hydrogen-bond acceptors (Lipinski definition) is 5. The highest BCUT2D eigenvalue weighted by Crippen LogP contribution is 2.20. The molecule has 2 aromatic heterocycles. The second-order valence-corrected chi connectivity index (χ2v) is 5.64. The van der Waals surface area contributed by atoms with Gasteiger partial charge in [0.15, 0.2) is 11.5 Å². The number of nitrogens with zero attached hydrogens (tertiary/aromatic N) is 6. The first-order valence-electron chi connectivity index (χ1n) is 7.96. The molecule has 0 aliphatic heterocycles. The number of para-hydroxylation sites is 1. The van der Waals surface area contributed by atoms with Gasteiger partial charge in [-0.05, 0) is 40.8 Å². The van der Waals surface area contributed by atoms with Gasteiger partial charge in [0.25, 0.3) is 5.91 Å². The first kappa shape index (κ1) is 15.7. The van der Waals surface area contributed by atoms with E-state index in [9.17, 15) is 4.79 Å². The highest BCUT2D eigenvalue weighted by atomic mass is 16.1. The van der Waals surface area contributed by atoms with Crippen molar-refractivity contribution < 1.29 is 4.79 Å². The van der Waals surface area contributed by atoms with Crippen molar-refractivity contribution in [1.82, 2.24) is 30.0 Å². The Bertz CT molecular complexity index is 1050. The third-order valence-corrected chi connectivity index (χ3v) is 3.84. The monoisotopic (exact) mass is 345 g/mol. The number of hydrogen-bond donors (Lipinski definition) is 1. The molecular formula is C18H15N7O. The summed E-state index contributed by atoms with van der Waals surface area (Å²) < 4.78 is 3.24. The van der Waals surface area contributed by atoms with Crippen LogP contribution in [0.1, 0.15) is 10.5 Å². The van der Waals surface area contributed by atoms with Crippen molar-refractivity contribution in [2.24, 2.45) is 7.05 Å². The van der Waals surface area contributed by atoms with E-state index in [4.69, 9.17) is 0 Å². The van der Waals surface area contributed by atoms with Crippen LogP contribution in [0.5, 0.6) is 0 Å². The van der Waals surface area contributed by atoms with E-state index >= 15 is 0 Å². The number of nitrogens with one attached hydrogen (secondary N) is 1. The van der Waals surface area contributed by atoms with Crippen molar-refractivity contribution in [1.29, 1.82) is 0 Å². The number of carbonyl (C=O) groups is 1. The van der Waals surface area contributed by atoms with Gasteiger partial charge in [-0.1, -0.05) is 30.3 Å². The Labute approximate surface area is 149 Å².